The molecule has 3 aromatic rings. The van der Waals surface area contributed by atoms with Crippen molar-refractivity contribution in [3.05, 3.63) is 99.6 Å². The highest BCUT2D eigenvalue weighted by Crippen LogP contribution is 2.25. The summed E-state index contributed by atoms with van der Waals surface area (Å²) in [5.41, 5.74) is 4.19. The van der Waals surface area contributed by atoms with Crippen LogP contribution in [0.25, 0.3) is 6.08 Å². The smallest absolute Gasteiger partial charge is 0.266 e. The predicted molar refractivity (Wildman–Crippen MR) is 120 cm³/mol. The average Bonchev–Trinajstić information content (AvgIpc) is 2.75. The largest absolute Gasteiger partial charge is 0.488 e. The molecule has 150 valence electrons. The molecule has 0 radical (unpaired) electrons. The number of nitrogens with one attached hydrogen (secondary N) is 1. The van der Waals surface area contributed by atoms with Gasteiger partial charge in [0.05, 0.1) is 0 Å². The van der Waals surface area contributed by atoms with Crippen molar-refractivity contribution in [2.75, 3.05) is 5.32 Å². The molecule has 0 aliphatic rings. The third-order valence-corrected chi connectivity index (χ3v) is 5.15. The molecule has 30 heavy (non-hydrogen) atoms. The van der Waals surface area contributed by atoms with Gasteiger partial charge in [0.25, 0.3) is 5.91 Å². The third-order valence-electron chi connectivity index (χ3n) is 4.78. The van der Waals surface area contributed by atoms with Crippen molar-refractivity contribution in [3.8, 4) is 11.8 Å². The summed E-state index contributed by atoms with van der Waals surface area (Å²) >= 11 is 6.19. The van der Waals surface area contributed by atoms with E-state index in [-0.39, 0.29) is 12.2 Å². The monoisotopic (exact) mass is 416 g/mol. The molecule has 0 atom stereocenters. The maximum absolute atomic E-state index is 12.7. The Kier molecular flexibility index (Phi) is 6.90. The molecule has 0 saturated heterocycles. The van der Waals surface area contributed by atoms with Crippen molar-refractivity contribution in [2.24, 2.45) is 0 Å². The number of carbonyl (C=O) groups excluding carboxylic acids is 1. The van der Waals surface area contributed by atoms with Gasteiger partial charge in [-0.3, -0.25) is 4.79 Å². The lowest BCUT2D eigenvalue weighted by atomic mass is 10.1. The first-order valence-electron chi connectivity index (χ1n) is 9.44. The van der Waals surface area contributed by atoms with Crippen LogP contribution in [0.1, 0.15) is 22.3 Å². The van der Waals surface area contributed by atoms with E-state index in [0.29, 0.717) is 22.0 Å². The minimum atomic E-state index is -0.466. The summed E-state index contributed by atoms with van der Waals surface area (Å²) in [6, 6.07) is 22.3. The molecule has 0 heterocycles. The Bertz CT molecular complexity index is 1150. The SMILES string of the molecule is Cc1cccc(NC(=O)/C(C#N)=C/c2ccccc2OCc2ccccc2Cl)c1C. The number of carbonyl (C=O) groups is 1. The maximum Gasteiger partial charge on any atom is 0.266 e. The van der Waals surface area contributed by atoms with Gasteiger partial charge in [-0.15, -0.1) is 0 Å². The molecule has 0 unspecified atom stereocenters. The van der Waals surface area contributed by atoms with E-state index in [0.717, 1.165) is 16.7 Å². The molecule has 0 aliphatic carbocycles. The van der Waals surface area contributed by atoms with Gasteiger partial charge in [-0.1, -0.05) is 60.1 Å². The normalized spacial score (nSPS) is 10.9. The van der Waals surface area contributed by atoms with Crippen LogP contribution in [0, 0.1) is 25.2 Å². The Balaban J connectivity index is 1.82. The van der Waals surface area contributed by atoms with Gasteiger partial charge in [0.2, 0.25) is 0 Å². The number of para-hydroxylation sites is 1. The van der Waals surface area contributed by atoms with Gasteiger partial charge in [-0.2, -0.15) is 5.26 Å². The number of hydrogen-bond donors (Lipinski definition) is 1. The molecular formula is C25H21ClN2O2. The summed E-state index contributed by atoms with van der Waals surface area (Å²) in [6.45, 7) is 4.18. The molecule has 0 aromatic heterocycles. The highest BCUT2D eigenvalue weighted by atomic mass is 35.5. The van der Waals surface area contributed by atoms with E-state index in [1.807, 2.05) is 68.4 Å². The average molecular weight is 417 g/mol. The van der Waals surface area contributed by atoms with Crippen LogP contribution in [0.3, 0.4) is 0 Å². The summed E-state index contributed by atoms with van der Waals surface area (Å²) in [5.74, 6) is 0.0943. The van der Waals surface area contributed by atoms with Crippen LogP contribution in [-0.4, -0.2) is 5.91 Å². The second kappa shape index (κ2) is 9.78. The van der Waals surface area contributed by atoms with E-state index >= 15 is 0 Å². The summed E-state index contributed by atoms with van der Waals surface area (Å²) in [6.07, 6.45) is 1.53. The van der Waals surface area contributed by atoms with E-state index in [4.69, 9.17) is 16.3 Å². The highest BCUT2D eigenvalue weighted by molar-refractivity contribution is 6.31. The molecule has 4 nitrogen and oxygen atoms in total. The Morgan fingerprint density at radius 2 is 1.80 bits per heavy atom. The number of nitriles is 1. The number of benzene rings is 3. The van der Waals surface area contributed by atoms with Crippen LogP contribution in [0.2, 0.25) is 5.02 Å². The highest BCUT2D eigenvalue weighted by Gasteiger charge is 2.13. The van der Waals surface area contributed by atoms with Gasteiger partial charge in [-0.05, 0) is 49.2 Å². The minimum absolute atomic E-state index is 0.00954. The fourth-order valence-electron chi connectivity index (χ4n) is 2.88. The summed E-state index contributed by atoms with van der Waals surface area (Å²) in [4.78, 5) is 12.7. The zero-order valence-corrected chi connectivity index (χ0v) is 17.5. The Hall–Kier alpha value is -3.55. The van der Waals surface area contributed by atoms with Crippen molar-refractivity contribution in [3.63, 3.8) is 0 Å². The van der Waals surface area contributed by atoms with Crippen LogP contribution >= 0.6 is 11.6 Å². The number of halogens is 1. The first kappa shape index (κ1) is 21.2. The van der Waals surface area contributed by atoms with Crippen molar-refractivity contribution >= 4 is 29.3 Å². The molecule has 1 N–H and O–H groups in total. The van der Waals surface area contributed by atoms with Crippen molar-refractivity contribution in [1.82, 2.24) is 0 Å². The van der Waals surface area contributed by atoms with E-state index < -0.39 is 5.91 Å². The van der Waals surface area contributed by atoms with E-state index in [1.54, 1.807) is 18.2 Å². The summed E-state index contributed by atoms with van der Waals surface area (Å²) in [7, 11) is 0. The van der Waals surface area contributed by atoms with Gasteiger partial charge in [-0.25, -0.2) is 0 Å². The number of rotatable bonds is 6. The molecule has 0 spiro atoms. The Labute approximate surface area is 181 Å². The van der Waals surface area contributed by atoms with Crippen molar-refractivity contribution < 1.29 is 9.53 Å². The van der Waals surface area contributed by atoms with Gasteiger partial charge in [0.1, 0.15) is 24.0 Å². The van der Waals surface area contributed by atoms with Gasteiger partial charge in [0.15, 0.2) is 0 Å². The zero-order chi connectivity index (χ0) is 21.5. The lowest BCUT2D eigenvalue weighted by Crippen LogP contribution is -2.14. The molecule has 3 aromatic carbocycles. The van der Waals surface area contributed by atoms with E-state index in [2.05, 4.69) is 5.32 Å². The van der Waals surface area contributed by atoms with Crippen molar-refractivity contribution in [1.29, 1.82) is 5.26 Å². The Morgan fingerprint density at radius 3 is 2.57 bits per heavy atom. The minimum Gasteiger partial charge on any atom is -0.488 e. The van der Waals surface area contributed by atoms with Crippen LogP contribution < -0.4 is 10.1 Å². The number of aryl methyl sites for hydroxylation is 1. The third kappa shape index (κ3) is 5.08. The van der Waals surface area contributed by atoms with Gasteiger partial charge < -0.3 is 10.1 Å². The Morgan fingerprint density at radius 1 is 1.07 bits per heavy atom. The number of nitrogens with zero attached hydrogens (tertiary/aromatic N) is 1. The molecule has 0 saturated carbocycles. The van der Waals surface area contributed by atoms with Crippen LogP contribution in [-0.2, 0) is 11.4 Å². The summed E-state index contributed by atoms with van der Waals surface area (Å²) in [5, 5.41) is 13.0. The quantitative estimate of drug-likeness (QED) is 0.391. The second-order valence-corrected chi connectivity index (χ2v) is 7.20. The number of hydrogen-bond acceptors (Lipinski definition) is 3. The van der Waals surface area contributed by atoms with Gasteiger partial charge in [0, 0.05) is 21.8 Å². The van der Waals surface area contributed by atoms with E-state index in [1.165, 1.54) is 6.08 Å². The predicted octanol–water partition coefficient (Wildman–Crippen LogP) is 6.08. The fraction of sp³-hybridized carbons (Fsp3) is 0.120. The zero-order valence-electron chi connectivity index (χ0n) is 16.8. The molecule has 1 amide bonds. The van der Waals surface area contributed by atoms with Crippen LogP contribution in [0.15, 0.2) is 72.3 Å². The molecule has 0 fully saturated rings. The lowest BCUT2D eigenvalue weighted by Gasteiger charge is -2.12. The van der Waals surface area contributed by atoms with E-state index in [9.17, 15) is 10.1 Å². The topological polar surface area (TPSA) is 62.1 Å². The van der Waals surface area contributed by atoms with Crippen molar-refractivity contribution in [2.45, 2.75) is 20.5 Å². The number of ether oxygens (including phenoxy) is 1. The molecule has 5 heteroatoms. The first-order chi connectivity index (χ1) is 14.5. The second-order valence-electron chi connectivity index (χ2n) is 6.79. The molecule has 0 aliphatic heterocycles. The maximum atomic E-state index is 12.7. The first-order valence-corrected chi connectivity index (χ1v) is 9.82. The van der Waals surface area contributed by atoms with Gasteiger partial charge >= 0.3 is 0 Å². The van der Waals surface area contributed by atoms with Crippen LogP contribution in [0.5, 0.6) is 5.75 Å². The molecular weight excluding hydrogens is 396 g/mol. The molecule has 0 bridgehead atoms. The molecule has 3 rings (SSSR count). The fourth-order valence-corrected chi connectivity index (χ4v) is 3.07. The number of anilines is 1. The summed E-state index contributed by atoms with van der Waals surface area (Å²) < 4.78 is 5.91. The van der Waals surface area contributed by atoms with Crippen LogP contribution in [0.4, 0.5) is 5.69 Å². The number of amides is 1. The standard InChI is InChI=1S/C25H21ClN2O2/c1-17-8-7-12-23(18(17)2)28-25(29)21(15-27)14-19-9-4-6-13-24(19)30-16-20-10-3-5-11-22(20)26/h3-14H,16H2,1-2H3,(H,28,29)/b21-14+. The lowest BCUT2D eigenvalue weighted by molar-refractivity contribution is -0.112.